The van der Waals surface area contributed by atoms with Gasteiger partial charge in [0.15, 0.2) is 0 Å². The van der Waals surface area contributed by atoms with Crippen molar-refractivity contribution < 1.29 is 0 Å². The number of fused-ring (bicyclic) bond motifs is 16. The topological polar surface area (TPSA) is 137 Å². The number of rotatable bonds is 0. The summed E-state index contributed by atoms with van der Waals surface area (Å²) in [6, 6.07) is 73.4. The van der Waals surface area contributed by atoms with Gasteiger partial charge in [-0.3, -0.25) is 36.8 Å². The van der Waals surface area contributed by atoms with E-state index in [1.165, 1.54) is 0 Å². The van der Waals surface area contributed by atoms with Crippen LogP contribution < -0.4 is 22.2 Å². The lowest BCUT2D eigenvalue weighted by Gasteiger charge is -2.21. The molecule has 0 bridgehead atoms. The molecule has 8 heterocycles. The number of hydrogen-bond donors (Lipinski definition) is 0. The summed E-state index contributed by atoms with van der Waals surface area (Å²) in [5.41, 5.74) is 8.88. The van der Waals surface area contributed by atoms with Crippen LogP contribution in [0.15, 0.2) is 255 Å². The van der Waals surface area contributed by atoms with E-state index in [2.05, 4.69) is 161 Å². The highest BCUT2D eigenvalue weighted by molar-refractivity contribution is 9.11. The number of benzene rings is 18. The Kier molecular flexibility index (Phi) is 10.5. The smallest absolute Gasteiger partial charge is 0.264 e. The molecule has 26 aromatic rings. The maximum absolute atomic E-state index is 14.7. The molecule has 0 fully saturated rings. The molecule has 0 radical (unpaired) electrons. The summed E-state index contributed by atoms with van der Waals surface area (Å²) in [5.74, 6) is 0. The van der Waals surface area contributed by atoms with Gasteiger partial charge in [0.2, 0.25) is 0 Å². The Hall–Kier alpha value is -11.9. The van der Waals surface area contributed by atoms with Crippen molar-refractivity contribution in [2.75, 3.05) is 0 Å². The predicted octanol–water partition coefficient (Wildman–Crippen LogP) is 22.1. The van der Waals surface area contributed by atoms with Crippen molar-refractivity contribution in [3.8, 4) is 0 Å². The number of halogens is 4. The third-order valence-corrected chi connectivity index (χ3v) is 25.4. The lowest BCUT2D eigenvalue weighted by atomic mass is 9.86. The van der Waals surface area contributed by atoms with E-state index in [1.54, 1.807) is 17.6 Å². The van der Waals surface area contributed by atoms with Crippen LogP contribution in [0.4, 0.5) is 0 Å². The van der Waals surface area contributed by atoms with Gasteiger partial charge in [0.1, 0.15) is 22.6 Å². The first-order chi connectivity index (χ1) is 50.9. The van der Waals surface area contributed by atoms with Gasteiger partial charge >= 0.3 is 0 Å². The molecule has 8 aromatic heterocycles. The van der Waals surface area contributed by atoms with Crippen molar-refractivity contribution in [1.29, 1.82) is 0 Å². The second-order valence-electron chi connectivity index (χ2n) is 27.7. The molecule has 0 aliphatic carbocycles. The van der Waals surface area contributed by atoms with E-state index in [-0.39, 0.29) is 22.2 Å². The monoisotopic (exact) mass is 1580 g/mol. The van der Waals surface area contributed by atoms with Gasteiger partial charge in [-0.2, -0.15) is 0 Å². The molecule has 0 aliphatic rings. The summed E-state index contributed by atoms with van der Waals surface area (Å²) < 4.78 is 10.5. The molecule has 0 amide bonds. The minimum Gasteiger partial charge on any atom is -0.268 e. The molecule has 0 aliphatic heterocycles. The van der Waals surface area contributed by atoms with Crippen LogP contribution in [0.2, 0.25) is 0 Å². The van der Waals surface area contributed by atoms with Crippen molar-refractivity contribution in [1.82, 2.24) is 37.5 Å². The molecular formula is C88H36Br4N8O4. The fraction of sp³-hybridized carbons (Fsp3) is 0. The van der Waals surface area contributed by atoms with E-state index < -0.39 is 0 Å². The maximum atomic E-state index is 14.7. The summed E-state index contributed by atoms with van der Waals surface area (Å²) >= 11 is 15.9. The van der Waals surface area contributed by atoms with Crippen molar-refractivity contribution in [2.45, 2.75) is 0 Å². The van der Waals surface area contributed by atoms with E-state index in [9.17, 15) is 19.2 Å². The van der Waals surface area contributed by atoms with Gasteiger partial charge < -0.3 is 0 Å². The highest BCUT2D eigenvalue weighted by Gasteiger charge is 2.30. The second kappa shape index (κ2) is 19.2. The number of pyridine rings is 4. The first-order valence-corrected chi connectivity index (χ1v) is 37.1. The third kappa shape index (κ3) is 6.64. The van der Waals surface area contributed by atoms with E-state index in [0.717, 1.165) is 213 Å². The highest BCUT2D eigenvalue weighted by atomic mass is 79.9. The fourth-order valence-electron chi connectivity index (χ4n) is 18.9. The lowest BCUT2D eigenvalue weighted by molar-refractivity contribution is 1.15. The third-order valence-electron chi connectivity index (χ3n) is 22.9. The Morgan fingerprint density at radius 1 is 0.202 bits per heavy atom. The van der Waals surface area contributed by atoms with Crippen LogP contribution in [0.25, 0.3) is 239 Å². The average molecular weight is 1590 g/mol. The first kappa shape index (κ1) is 56.7. The standard InChI is InChI=1S/2C44H18Br2N4O2/c45-27-17-25-36-24(43(51)50-32-12-4-8-20-6-2-10-30(34(20)32)48-42(25)50)16-14-22-38-28(46)18-26-35-23(15-13-21(39(35)38)37(27)40(22)36)41-47-29-9-1-5-19-7-3-11-31(33(19)29)49(41)44(26)52;45-27-17-25-37-26(44(52)50-32-12-4-8-20-6-2-10-30(34(20)32)48-42(25)50)18-28(46)39-21-13-15-23-36-24(16-14-22(35(21)36)38(27)40(37)39)43(51)49-31-11-3-7-19-5-1-9-29(33(19)31)47-41(23)49/h2*1-18H. The van der Waals surface area contributed by atoms with Crippen LogP contribution >= 0.6 is 63.7 Å². The van der Waals surface area contributed by atoms with Crippen molar-refractivity contribution >= 4 is 303 Å². The van der Waals surface area contributed by atoms with E-state index in [4.69, 9.17) is 19.9 Å². The molecule has 480 valence electrons. The molecule has 0 saturated carbocycles. The zero-order valence-corrected chi connectivity index (χ0v) is 59.9. The van der Waals surface area contributed by atoms with E-state index in [1.807, 2.05) is 121 Å². The molecule has 0 spiro atoms. The van der Waals surface area contributed by atoms with Crippen LogP contribution in [0.1, 0.15) is 0 Å². The molecule has 0 unspecified atom stereocenters. The summed E-state index contributed by atoms with van der Waals surface area (Å²) in [5, 5.41) is 29.7. The molecule has 0 atom stereocenters. The Bertz CT molecular complexity index is 8800. The summed E-state index contributed by atoms with van der Waals surface area (Å²) in [4.78, 5) is 79.3. The summed E-state index contributed by atoms with van der Waals surface area (Å²) in [6.45, 7) is 0. The van der Waals surface area contributed by atoms with Crippen LogP contribution in [0.3, 0.4) is 0 Å². The zero-order chi connectivity index (χ0) is 68.6. The van der Waals surface area contributed by atoms with Crippen LogP contribution in [0.5, 0.6) is 0 Å². The Labute approximate surface area is 613 Å². The minimum atomic E-state index is -0.110. The highest BCUT2D eigenvalue weighted by Crippen LogP contribution is 2.53. The van der Waals surface area contributed by atoms with Gasteiger partial charge in [-0.1, -0.05) is 185 Å². The predicted molar refractivity (Wildman–Crippen MR) is 441 cm³/mol. The molecule has 0 N–H and O–H groups in total. The van der Waals surface area contributed by atoms with Gasteiger partial charge in [-0.05, 0) is 146 Å². The normalized spacial score (nSPS) is 13.0. The van der Waals surface area contributed by atoms with Crippen molar-refractivity contribution in [3.05, 3.63) is 278 Å². The Morgan fingerprint density at radius 3 is 0.779 bits per heavy atom. The molecular weight excluding hydrogens is 1550 g/mol. The van der Waals surface area contributed by atoms with E-state index in [0.29, 0.717) is 44.1 Å². The minimum absolute atomic E-state index is 0.0950. The van der Waals surface area contributed by atoms with Crippen LogP contribution in [-0.2, 0) is 0 Å². The van der Waals surface area contributed by atoms with Gasteiger partial charge in [0, 0.05) is 131 Å². The number of nitrogens with zero attached hydrogens (tertiary/aromatic N) is 8. The number of aromatic nitrogens is 8. The van der Waals surface area contributed by atoms with E-state index >= 15 is 0 Å². The summed E-state index contributed by atoms with van der Waals surface area (Å²) in [6.07, 6.45) is 0. The lowest BCUT2D eigenvalue weighted by Crippen LogP contribution is -2.17. The number of hydrogen-bond acceptors (Lipinski definition) is 8. The zero-order valence-electron chi connectivity index (χ0n) is 53.5. The first-order valence-electron chi connectivity index (χ1n) is 33.9. The van der Waals surface area contributed by atoms with Crippen molar-refractivity contribution in [3.63, 3.8) is 0 Å². The molecule has 0 saturated heterocycles. The SMILES string of the molecule is O=c1c2cc(Br)c3c4ccc5c(=O)n6c7cccc8cccc(nc6c6cc(Br)c(c9ccc(c2c93)c2nc3cccc9cccc(c93)n12)c4c56)c87.O=c1c2ccc3c4c(Br)cc5c6c(cc(Br)c(c7ccc(c2c73)c2nc3cccc7cccc(c73)n12)c46)c(=O)n1c2cccc3cccc(nc51)c32. The second-order valence-corrected chi connectivity index (χ2v) is 31.1. The Morgan fingerprint density at radius 2 is 0.433 bits per heavy atom. The van der Waals surface area contributed by atoms with Crippen LogP contribution in [-0.4, -0.2) is 37.5 Å². The molecule has 16 heteroatoms. The fourth-order valence-corrected chi connectivity index (χ4v) is 21.5. The molecule has 12 nitrogen and oxygen atoms in total. The Balaban J connectivity index is 0.000000121. The quantitative estimate of drug-likeness (QED) is 0.108. The van der Waals surface area contributed by atoms with Gasteiger partial charge in [-0.15, -0.1) is 0 Å². The molecule has 104 heavy (non-hydrogen) atoms. The van der Waals surface area contributed by atoms with Gasteiger partial charge in [0.25, 0.3) is 22.2 Å². The molecule has 18 aromatic carbocycles. The maximum Gasteiger partial charge on any atom is 0.264 e. The average Bonchev–Trinajstić information content (AvgIpc) is 0.680. The van der Waals surface area contributed by atoms with Crippen LogP contribution in [0, 0.1) is 0 Å². The van der Waals surface area contributed by atoms with Gasteiger partial charge in [-0.25, -0.2) is 19.9 Å². The van der Waals surface area contributed by atoms with Crippen molar-refractivity contribution in [2.24, 2.45) is 0 Å². The molecule has 26 rings (SSSR count). The van der Waals surface area contributed by atoms with Gasteiger partial charge in [0.05, 0.1) is 54.9 Å². The largest absolute Gasteiger partial charge is 0.268 e. The summed E-state index contributed by atoms with van der Waals surface area (Å²) in [7, 11) is 0.